The minimum Gasteiger partial charge on any atom is -0.396 e. The Morgan fingerprint density at radius 3 is 2.65 bits per heavy atom. The van der Waals surface area contributed by atoms with Crippen molar-refractivity contribution < 1.29 is 9.50 Å². The molecule has 0 radical (unpaired) electrons. The molecule has 0 aliphatic carbocycles. The lowest BCUT2D eigenvalue weighted by Crippen LogP contribution is -2.13. The van der Waals surface area contributed by atoms with Crippen LogP contribution in [0.2, 0.25) is 0 Å². The van der Waals surface area contributed by atoms with Crippen LogP contribution < -0.4 is 0 Å². The molecule has 1 nitrogen and oxygen atoms in total. The third-order valence-electron chi connectivity index (χ3n) is 3.38. The molecule has 0 saturated carbocycles. The molecule has 0 bridgehead atoms. The van der Waals surface area contributed by atoms with Crippen molar-refractivity contribution in [2.45, 2.75) is 19.8 Å². The fourth-order valence-electron chi connectivity index (χ4n) is 2.38. The summed E-state index contributed by atoms with van der Waals surface area (Å²) < 4.78 is 14.2. The molecule has 20 heavy (non-hydrogen) atoms. The van der Waals surface area contributed by atoms with E-state index in [0.717, 1.165) is 16.5 Å². The molecule has 0 aliphatic rings. The van der Waals surface area contributed by atoms with Crippen LogP contribution in [-0.4, -0.2) is 11.7 Å². The van der Waals surface area contributed by atoms with Gasteiger partial charge in [-0.25, -0.2) is 4.39 Å². The van der Waals surface area contributed by atoms with E-state index in [0.29, 0.717) is 6.42 Å². The predicted molar refractivity (Wildman–Crippen MR) is 83.3 cm³/mol. The van der Waals surface area contributed by atoms with E-state index in [4.69, 9.17) is 0 Å². The summed E-state index contributed by atoms with van der Waals surface area (Å²) in [5, 5.41) is 9.57. The van der Waals surface area contributed by atoms with Gasteiger partial charge in [-0.2, -0.15) is 0 Å². The first-order chi connectivity index (χ1) is 9.58. The summed E-state index contributed by atoms with van der Waals surface area (Å²) in [5.41, 5.74) is 3.32. The van der Waals surface area contributed by atoms with Crippen LogP contribution in [-0.2, 0) is 12.8 Å². The predicted octanol–water partition coefficient (Wildman–Crippen LogP) is 4.29. The quantitative estimate of drug-likeness (QED) is 0.863. The van der Waals surface area contributed by atoms with Gasteiger partial charge < -0.3 is 5.11 Å². The lowest BCUT2D eigenvalue weighted by atomic mass is 9.92. The van der Waals surface area contributed by atoms with E-state index >= 15 is 0 Å². The van der Waals surface area contributed by atoms with Crippen molar-refractivity contribution in [3.63, 3.8) is 0 Å². The maximum Gasteiger partial charge on any atom is 0.123 e. The van der Waals surface area contributed by atoms with Crippen LogP contribution >= 0.6 is 15.9 Å². The van der Waals surface area contributed by atoms with E-state index in [9.17, 15) is 9.50 Å². The highest BCUT2D eigenvalue weighted by Crippen LogP contribution is 2.23. The Kier molecular flexibility index (Phi) is 5.32. The number of aliphatic hydroxyl groups is 1. The molecule has 0 saturated heterocycles. The summed E-state index contributed by atoms with van der Waals surface area (Å²) in [6.45, 7) is 2.15. The van der Waals surface area contributed by atoms with Crippen molar-refractivity contribution in [3.05, 3.63) is 69.4 Å². The van der Waals surface area contributed by atoms with Gasteiger partial charge in [-0.15, -0.1) is 0 Å². The third kappa shape index (κ3) is 4.15. The molecule has 106 valence electrons. The normalized spacial score (nSPS) is 12.4. The third-order valence-corrected chi connectivity index (χ3v) is 4.16. The van der Waals surface area contributed by atoms with Gasteiger partial charge in [0.1, 0.15) is 5.82 Å². The number of aryl methyl sites for hydroxylation is 1. The summed E-state index contributed by atoms with van der Waals surface area (Å²) in [6, 6.07) is 13.0. The van der Waals surface area contributed by atoms with Crippen molar-refractivity contribution in [3.8, 4) is 0 Å². The van der Waals surface area contributed by atoms with E-state index in [1.165, 1.54) is 23.3 Å². The number of hydrogen-bond acceptors (Lipinski definition) is 1. The van der Waals surface area contributed by atoms with Crippen LogP contribution in [0.5, 0.6) is 0 Å². The Morgan fingerprint density at radius 1 is 1.15 bits per heavy atom. The van der Waals surface area contributed by atoms with E-state index in [-0.39, 0.29) is 18.3 Å². The van der Waals surface area contributed by atoms with E-state index in [1.54, 1.807) is 6.07 Å². The minimum absolute atomic E-state index is 0.0925. The zero-order valence-corrected chi connectivity index (χ0v) is 13.0. The Balaban J connectivity index is 2.11. The molecule has 1 unspecified atom stereocenters. The zero-order chi connectivity index (χ0) is 14.5. The maximum atomic E-state index is 13.3. The lowest BCUT2D eigenvalue weighted by molar-refractivity contribution is 0.224. The van der Waals surface area contributed by atoms with Crippen molar-refractivity contribution >= 4 is 15.9 Å². The molecular formula is C17H18BrFO. The Bertz CT molecular complexity index is 583. The highest BCUT2D eigenvalue weighted by Gasteiger charge is 2.12. The highest BCUT2D eigenvalue weighted by atomic mass is 79.9. The van der Waals surface area contributed by atoms with Gasteiger partial charge in [-0.1, -0.05) is 45.8 Å². The second-order valence-corrected chi connectivity index (χ2v) is 6.04. The molecule has 0 amide bonds. The first-order valence-electron chi connectivity index (χ1n) is 6.69. The van der Waals surface area contributed by atoms with E-state index in [2.05, 4.69) is 41.1 Å². The molecule has 0 spiro atoms. The molecular weight excluding hydrogens is 319 g/mol. The zero-order valence-electron chi connectivity index (χ0n) is 11.4. The van der Waals surface area contributed by atoms with Gasteiger partial charge in [-0.3, -0.25) is 0 Å². The van der Waals surface area contributed by atoms with Gasteiger partial charge in [0.2, 0.25) is 0 Å². The minimum atomic E-state index is -0.240. The molecule has 2 rings (SSSR count). The van der Waals surface area contributed by atoms with Crippen molar-refractivity contribution in [2.75, 3.05) is 6.61 Å². The fourth-order valence-corrected chi connectivity index (χ4v) is 2.79. The summed E-state index contributed by atoms with van der Waals surface area (Å²) >= 11 is 3.44. The smallest absolute Gasteiger partial charge is 0.123 e. The second-order valence-electron chi connectivity index (χ2n) is 5.18. The van der Waals surface area contributed by atoms with Crippen LogP contribution in [0.25, 0.3) is 0 Å². The highest BCUT2D eigenvalue weighted by molar-refractivity contribution is 9.10. The van der Waals surface area contributed by atoms with Gasteiger partial charge in [-0.05, 0) is 55.0 Å². The Hall–Kier alpha value is -1.19. The second kappa shape index (κ2) is 7.00. The number of hydrogen-bond donors (Lipinski definition) is 1. The van der Waals surface area contributed by atoms with Gasteiger partial charge in [0.25, 0.3) is 0 Å². The topological polar surface area (TPSA) is 20.2 Å². The Morgan fingerprint density at radius 2 is 1.95 bits per heavy atom. The standard InChI is InChI=1S/C17H18BrFO/c1-12-3-2-4-13(7-12)8-14(11-20)9-15-10-16(19)5-6-17(15)18/h2-7,10,14,20H,8-9,11H2,1H3. The molecule has 0 heterocycles. The van der Waals surface area contributed by atoms with Crippen LogP contribution in [0, 0.1) is 18.7 Å². The molecule has 0 aliphatic heterocycles. The molecule has 3 heteroatoms. The van der Waals surface area contributed by atoms with Gasteiger partial charge in [0, 0.05) is 11.1 Å². The largest absolute Gasteiger partial charge is 0.396 e. The lowest BCUT2D eigenvalue weighted by Gasteiger charge is -2.16. The number of halogens is 2. The summed E-state index contributed by atoms with van der Waals surface area (Å²) in [6.07, 6.45) is 1.45. The van der Waals surface area contributed by atoms with Crippen LogP contribution in [0.1, 0.15) is 16.7 Å². The van der Waals surface area contributed by atoms with Crippen LogP contribution in [0.3, 0.4) is 0 Å². The summed E-state index contributed by atoms with van der Waals surface area (Å²) in [5.74, 6) is -0.148. The Labute approximate surface area is 127 Å². The molecule has 2 aromatic carbocycles. The van der Waals surface area contributed by atoms with Crippen LogP contribution in [0.4, 0.5) is 4.39 Å². The summed E-state index contributed by atoms with van der Waals surface area (Å²) in [4.78, 5) is 0. The van der Waals surface area contributed by atoms with Crippen molar-refractivity contribution in [1.82, 2.24) is 0 Å². The fraction of sp³-hybridized carbons (Fsp3) is 0.294. The molecule has 0 fully saturated rings. The first-order valence-corrected chi connectivity index (χ1v) is 7.48. The molecule has 1 atom stereocenters. The SMILES string of the molecule is Cc1cccc(CC(CO)Cc2cc(F)ccc2Br)c1. The van der Waals surface area contributed by atoms with Gasteiger partial charge >= 0.3 is 0 Å². The van der Waals surface area contributed by atoms with Crippen molar-refractivity contribution in [2.24, 2.45) is 5.92 Å². The van der Waals surface area contributed by atoms with Gasteiger partial charge in [0.05, 0.1) is 0 Å². The molecule has 2 aromatic rings. The van der Waals surface area contributed by atoms with E-state index in [1.807, 2.05) is 6.07 Å². The van der Waals surface area contributed by atoms with Crippen LogP contribution in [0.15, 0.2) is 46.9 Å². The number of rotatable bonds is 5. The number of aliphatic hydroxyl groups excluding tert-OH is 1. The first kappa shape index (κ1) is 15.2. The average molecular weight is 337 g/mol. The van der Waals surface area contributed by atoms with Gasteiger partial charge in [0.15, 0.2) is 0 Å². The summed E-state index contributed by atoms with van der Waals surface area (Å²) in [7, 11) is 0. The van der Waals surface area contributed by atoms with Crippen molar-refractivity contribution in [1.29, 1.82) is 0 Å². The maximum absolute atomic E-state index is 13.3. The monoisotopic (exact) mass is 336 g/mol. The van der Waals surface area contributed by atoms with E-state index < -0.39 is 0 Å². The number of benzene rings is 2. The molecule has 0 aromatic heterocycles. The average Bonchev–Trinajstić information content (AvgIpc) is 2.42. The molecule has 1 N–H and O–H groups in total.